The lowest BCUT2D eigenvalue weighted by molar-refractivity contribution is -0.135. The number of likely N-dealkylation sites (tertiary alicyclic amines) is 1. The van der Waals surface area contributed by atoms with Crippen molar-refractivity contribution < 1.29 is 9.59 Å². The van der Waals surface area contributed by atoms with Gasteiger partial charge in [-0.3, -0.25) is 14.2 Å². The molecule has 0 atom stereocenters. The van der Waals surface area contributed by atoms with Crippen molar-refractivity contribution in [2.75, 3.05) is 18.4 Å². The maximum Gasteiger partial charge on any atom is 0.346 e. The number of aromatic nitrogens is 4. The predicted octanol–water partition coefficient (Wildman–Crippen LogP) is 1.70. The third-order valence-corrected chi connectivity index (χ3v) is 5.99. The highest BCUT2D eigenvalue weighted by Crippen LogP contribution is 2.20. The fraction of sp³-hybridized carbons (Fsp3) is 0.550. The fourth-order valence-electron chi connectivity index (χ4n) is 4.03. The average Bonchev–Trinajstić information content (AvgIpc) is 2.91. The first-order chi connectivity index (χ1) is 14.5. The van der Waals surface area contributed by atoms with Crippen LogP contribution in [0.25, 0.3) is 0 Å². The maximum absolute atomic E-state index is 12.7. The van der Waals surface area contributed by atoms with Crippen LogP contribution >= 0.6 is 11.6 Å². The summed E-state index contributed by atoms with van der Waals surface area (Å²) >= 11 is 5.81. The fourth-order valence-corrected chi connectivity index (χ4v) is 4.14. The summed E-state index contributed by atoms with van der Waals surface area (Å²) in [5.74, 6) is 0.811. The number of hydrogen-bond donors (Lipinski definition) is 1. The number of amides is 2. The van der Waals surface area contributed by atoms with Crippen LogP contribution in [0.1, 0.15) is 37.9 Å². The van der Waals surface area contributed by atoms with Crippen LogP contribution in [-0.4, -0.2) is 49.1 Å². The average molecular weight is 433 g/mol. The predicted molar refractivity (Wildman–Crippen MR) is 111 cm³/mol. The van der Waals surface area contributed by atoms with Gasteiger partial charge in [0.05, 0.1) is 5.02 Å². The van der Waals surface area contributed by atoms with E-state index in [2.05, 4.69) is 15.4 Å². The van der Waals surface area contributed by atoms with Crippen LogP contribution < -0.4 is 11.0 Å². The van der Waals surface area contributed by atoms with Gasteiger partial charge >= 0.3 is 5.69 Å². The molecule has 0 aliphatic carbocycles. The second kappa shape index (κ2) is 8.99. The number of pyridine rings is 1. The Morgan fingerprint density at radius 3 is 2.67 bits per heavy atom. The largest absolute Gasteiger partial charge is 0.346 e. The molecule has 0 radical (unpaired) electrons. The van der Waals surface area contributed by atoms with Gasteiger partial charge in [0.2, 0.25) is 11.8 Å². The Bertz CT molecular complexity index is 975. The van der Waals surface area contributed by atoms with Crippen molar-refractivity contribution in [3.8, 4) is 0 Å². The molecule has 0 spiro atoms. The Morgan fingerprint density at radius 1 is 1.13 bits per heavy atom. The lowest BCUT2D eigenvalue weighted by atomic mass is 9.96. The van der Waals surface area contributed by atoms with E-state index in [-0.39, 0.29) is 30.0 Å². The number of carbonyl (C=O) groups is 2. The number of hydrogen-bond acceptors (Lipinski definition) is 5. The first-order valence-corrected chi connectivity index (χ1v) is 10.8. The number of rotatable bonds is 4. The van der Waals surface area contributed by atoms with Gasteiger partial charge in [0, 0.05) is 38.2 Å². The molecule has 0 saturated carbocycles. The minimum absolute atomic E-state index is 0.0512. The van der Waals surface area contributed by atoms with Gasteiger partial charge in [0.25, 0.3) is 0 Å². The van der Waals surface area contributed by atoms with Gasteiger partial charge in [0.15, 0.2) is 0 Å². The Labute approximate surface area is 179 Å². The Balaban J connectivity index is 1.31. The van der Waals surface area contributed by atoms with E-state index in [4.69, 9.17) is 11.6 Å². The SMILES string of the molecule is O=C(Nc1ccc(Cl)cn1)C1CCN(C(=O)Cn2nc3n(c2=O)CCCCC3)CC1. The van der Waals surface area contributed by atoms with Gasteiger partial charge < -0.3 is 10.2 Å². The van der Waals surface area contributed by atoms with Crippen molar-refractivity contribution in [1.82, 2.24) is 24.2 Å². The molecule has 2 aromatic rings. The van der Waals surface area contributed by atoms with Crippen molar-refractivity contribution in [2.24, 2.45) is 5.92 Å². The van der Waals surface area contributed by atoms with Gasteiger partial charge in [-0.25, -0.2) is 14.5 Å². The van der Waals surface area contributed by atoms with Crippen LogP contribution in [0.2, 0.25) is 5.02 Å². The molecule has 10 heteroatoms. The lowest BCUT2D eigenvalue weighted by Crippen LogP contribution is -2.44. The highest BCUT2D eigenvalue weighted by atomic mass is 35.5. The summed E-state index contributed by atoms with van der Waals surface area (Å²) < 4.78 is 2.98. The number of carbonyl (C=O) groups excluding carboxylic acids is 2. The second-order valence-electron chi connectivity index (χ2n) is 7.82. The first-order valence-electron chi connectivity index (χ1n) is 10.4. The molecule has 2 aliphatic rings. The molecule has 4 rings (SSSR count). The molecular formula is C20H25ClN6O3. The van der Waals surface area contributed by atoms with E-state index in [0.717, 1.165) is 31.5 Å². The highest BCUT2D eigenvalue weighted by Gasteiger charge is 2.28. The van der Waals surface area contributed by atoms with Crippen molar-refractivity contribution in [2.45, 2.75) is 51.6 Å². The zero-order valence-electron chi connectivity index (χ0n) is 16.7. The van der Waals surface area contributed by atoms with Gasteiger partial charge in [0.1, 0.15) is 18.2 Å². The van der Waals surface area contributed by atoms with E-state index < -0.39 is 0 Å². The van der Waals surface area contributed by atoms with E-state index in [0.29, 0.717) is 43.3 Å². The van der Waals surface area contributed by atoms with E-state index >= 15 is 0 Å². The molecule has 9 nitrogen and oxygen atoms in total. The van der Waals surface area contributed by atoms with Crippen molar-refractivity contribution in [1.29, 1.82) is 0 Å². The number of anilines is 1. The van der Waals surface area contributed by atoms with Gasteiger partial charge in [-0.05, 0) is 37.8 Å². The Hall–Kier alpha value is -2.68. The third-order valence-electron chi connectivity index (χ3n) is 5.76. The molecule has 2 amide bonds. The van der Waals surface area contributed by atoms with Gasteiger partial charge in [-0.1, -0.05) is 18.0 Å². The Kier molecular flexibility index (Phi) is 6.17. The molecule has 2 aromatic heterocycles. The second-order valence-corrected chi connectivity index (χ2v) is 8.26. The topological polar surface area (TPSA) is 102 Å². The van der Waals surface area contributed by atoms with E-state index in [9.17, 15) is 14.4 Å². The number of piperidine rings is 1. The van der Waals surface area contributed by atoms with Gasteiger partial charge in [-0.2, -0.15) is 5.10 Å². The third kappa shape index (κ3) is 4.56. The molecule has 30 heavy (non-hydrogen) atoms. The number of aryl methyl sites for hydroxylation is 1. The van der Waals surface area contributed by atoms with Crippen molar-refractivity contribution in [3.63, 3.8) is 0 Å². The molecule has 0 unspecified atom stereocenters. The van der Waals surface area contributed by atoms with Crippen LogP contribution in [0.3, 0.4) is 0 Å². The van der Waals surface area contributed by atoms with Gasteiger partial charge in [-0.15, -0.1) is 0 Å². The normalized spacial score (nSPS) is 17.3. The van der Waals surface area contributed by atoms with Crippen molar-refractivity contribution >= 4 is 29.2 Å². The molecule has 1 fully saturated rings. The minimum atomic E-state index is -0.204. The number of nitrogens with zero attached hydrogens (tertiary/aromatic N) is 5. The quantitative estimate of drug-likeness (QED) is 0.792. The van der Waals surface area contributed by atoms with Crippen LogP contribution in [0, 0.1) is 5.92 Å². The summed E-state index contributed by atoms with van der Waals surface area (Å²) in [5.41, 5.74) is -0.204. The molecule has 160 valence electrons. The summed E-state index contributed by atoms with van der Waals surface area (Å²) in [5, 5.41) is 7.68. The van der Waals surface area contributed by atoms with Crippen LogP contribution in [-0.2, 0) is 29.1 Å². The van der Waals surface area contributed by atoms with Crippen LogP contribution in [0.15, 0.2) is 23.1 Å². The molecule has 1 N–H and O–H groups in total. The number of halogens is 1. The zero-order valence-corrected chi connectivity index (χ0v) is 17.5. The molecule has 4 heterocycles. The summed E-state index contributed by atoms with van der Waals surface area (Å²) in [6.45, 7) is 1.58. The molecular weight excluding hydrogens is 408 g/mol. The summed E-state index contributed by atoms with van der Waals surface area (Å²) in [7, 11) is 0. The summed E-state index contributed by atoms with van der Waals surface area (Å²) in [4.78, 5) is 43.5. The summed E-state index contributed by atoms with van der Waals surface area (Å²) in [6.07, 6.45) is 6.48. The molecule has 0 aromatic carbocycles. The molecule has 2 aliphatic heterocycles. The van der Waals surface area contributed by atoms with E-state index in [1.807, 2.05) is 0 Å². The first kappa shape index (κ1) is 20.6. The van der Waals surface area contributed by atoms with E-state index in [1.54, 1.807) is 21.6 Å². The summed E-state index contributed by atoms with van der Waals surface area (Å²) in [6, 6.07) is 3.33. The lowest BCUT2D eigenvalue weighted by Gasteiger charge is -2.31. The van der Waals surface area contributed by atoms with E-state index in [1.165, 1.54) is 10.9 Å². The van der Waals surface area contributed by atoms with Crippen molar-refractivity contribution in [3.05, 3.63) is 39.7 Å². The van der Waals surface area contributed by atoms with Crippen LogP contribution in [0.4, 0.5) is 5.82 Å². The maximum atomic E-state index is 12.7. The monoisotopic (exact) mass is 432 g/mol. The smallest absolute Gasteiger partial charge is 0.341 e. The number of nitrogens with one attached hydrogen (secondary N) is 1. The minimum Gasteiger partial charge on any atom is -0.341 e. The van der Waals surface area contributed by atoms with Crippen LogP contribution in [0.5, 0.6) is 0 Å². The highest BCUT2D eigenvalue weighted by molar-refractivity contribution is 6.30. The number of fused-ring (bicyclic) bond motifs is 1. The Morgan fingerprint density at radius 2 is 1.93 bits per heavy atom. The molecule has 0 bridgehead atoms. The zero-order chi connectivity index (χ0) is 21.1. The molecule has 1 saturated heterocycles. The standard InChI is InChI=1S/C20H25ClN6O3/c21-15-5-6-16(22-12-15)23-19(29)14-7-10-25(11-8-14)18(28)13-27-20(30)26-9-3-1-2-4-17(26)24-27/h5-6,12,14H,1-4,7-11,13H2,(H,22,23,29).